The fraction of sp³-hybridized carbons (Fsp3) is 0.379. The van der Waals surface area contributed by atoms with Gasteiger partial charge in [0.05, 0.1) is 35.5 Å². The molecule has 2 unspecified atom stereocenters. The summed E-state index contributed by atoms with van der Waals surface area (Å²) < 4.78 is 77.0. The van der Waals surface area contributed by atoms with Crippen molar-refractivity contribution in [1.29, 1.82) is 0 Å². The molecule has 0 saturated heterocycles. The van der Waals surface area contributed by atoms with Crippen LogP contribution in [0.3, 0.4) is 0 Å². The first kappa shape index (κ1) is 62.9. The molecule has 0 aliphatic carbocycles. The number of hydrogen-bond donors (Lipinski definition) is 4. The number of nitrogens with zero attached hydrogens (tertiary/aromatic N) is 6. The molecule has 0 fully saturated rings. The smallest absolute Gasteiger partial charge is 0.323 e. The normalized spacial score (nSPS) is 14.9. The third-order valence-corrected chi connectivity index (χ3v) is 18.1. The number of rotatable bonds is 23. The highest BCUT2D eigenvalue weighted by molar-refractivity contribution is 7.61. The molecule has 4 atom stereocenters. The number of esters is 2. The van der Waals surface area contributed by atoms with E-state index in [-0.39, 0.29) is 134 Å². The largest absolute Gasteiger partial charge is 0.505 e. The second kappa shape index (κ2) is 27.1. The Labute approximate surface area is 478 Å². The van der Waals surface area contributed by atoms with Crippen molar-refractivity contribution in [1.82, 2.24) is 39.7 Å². The number of amides is 4. The van der Waals surface area contributed by atoms with Crippen LogP contribution in [0.15, 0.2) is 85.2 Å². The summed E-state index contributed by atoms with van der Waals surface area (Å²) in [6, 6.07) is 16.3. The number of nitrogens with one attached hydrogen (secondary N) is 2. The zero-order chi connectivity index (χ0) is 60.5. The molecule has 2 aliphatic heterocycles. The molecule has 4 N–H and O–H groups in total. The Hall–Kier alpha value is -7.71. The van der Waals surface area contributed by atoms with Gasteiger partial charge in [-0.05, 0) is 82.1 Å². The lowest BCUT2D eigenvalue weighted by Gasteiger charge is -2.26. The van der Waals surface area contributed by atoms with Crippen LogP contribution in [0.4, 0.5) is 13.2 Å². The molecular weight excluding hydrogens is 1120 g/mol. The van der Waals surface area contributed by atoms with E-state index in [0.29, 0.717) is 22.1 Å². The van der Waals surface area contributed by atoms with Gasteiger partial charge in [-0.1, -0.05) is 36.4 Å². The van der Waals surface area contributed by atoms with Gasteiger partial charge in [-0.3, -0.25) is 48.9 Å². The number of ether oxygens (including phenoxy) is 2. The highest BCUT2D eigenvalue weighted by Gasteiger charge is 2.40. The highest BCUT2D eigenvalue weighted by atomic mass is 31.2. The zero-order valence-corrected chi connectivity index (χ0v) is 48.9. The van der Waals surface area contributed by atoms with Crippen molar-refractivity contribution in [3.63, 3.8) is 0 Å². The first-order chi connectivity index (χ1) is 39.4. The summed E-state index contributed by atoms with van der Waals surface area (Å²) in [5.41, 5.74) is 2.45. The highest BCUT2D eigenvalue weighted by Crippen LogP contribution is 2.44. The van der Waals surface area contributed by atoms with Gasteiger partial charge in [0.1, 0.15) is 56.0 Å². The van der Waals surface area contributed by atoms with Crippen LogP contribution >= 0.6 is 14.6 Å². The van der Waals surface area contributed by atoms with Crippen LogP contribution < -0.4 is 10.2 Å². The summed E-state index contributed by atoms with van der Waals surface area (Å²) in [6.45, 7) is 11.0. The van der Waals surface area contributed by atoms with Gasteiger partial charge >= 0.3 is 11.9 Å². The molecule has 0 radical (unpaired) electrons. The molecule has 2 aliphatic rings. The minimum absolute atomic E-state index is 0.0174. The maximum atomic E-state index is 14.1. The van der Waals surface area contributed by atoms with Crippen LogP contribution in [0.1, 0.15) is 98.3 Å². The monoisotopic (exact) mass is 1190 g/mol. The van der Waals surface area contributed by atoms with Crippen molar-refractivity contribution in [2.24, 2.45) is 0 Å². The summed E-state index contributed by atoms with van der Waals surface area (Å²) in [5, 5.41) is 28.4. The van der Waals surface area contributed by atoms with Crippen molar-refractivity contribution in [3.8, 4) is 11.5 Å². The summed E-state index contributed by atoms with van der Waals surface area (Å²) in [6.07, 6.45) is 2.93. The topological polar surface area (TPSA) is 258 Å². The lowest BCUT2D eigenvalue weighted by atomic mass is 9.95. The molecule has 20 nitrogen and oxygen atoms in total. The van der Waals surface area contributed by atoms with Gasteiger partial charge < -0.3 is 48.4 Å². The fourth-order valence-electron chi connectivity index (χ4n) is 10.0. The average Bonchev–Trinajstić information content (AvgIpc) is 3.50. The maximum Gasteiger partial charge on any atom is 0.323 e. The number of hydrogen-bond acceptors (Lipinski definition) is 14. The van der Waals surface area contributed by atoms with Crippen molar-refractivity contribution in [2.75, 3.05) is 71.7 Å². The third kappa shape index (κ3) is 14.6. The van der Waals surface area contributed by atoms with E-state index >= 15 is 0 Å². The number of alkyl halides is 1. The molecule has 83 heavy (non-hydrogen) atoms. The molecule has 6 aromatic rings. The van der Waals surface area contributed by atoms with Crippen molar-refractivity contribution < 1.29 is 70.8 Å². The molecule has 442 valence electrons. The predicted molar refractivity (Wildman–Crippen MR) is 305 cm³/mol. The minimum atomic E-state index is -3.18. The van der Waals surface area contributed by atoms with Gasteiger partial charge in [0.15, 0.2) is 11.5 Å². The molecule has 2 aromatic heterocycles. The molecule has 25 heteroatoms. The molecule has 0 saturated carbocycles. The number of phenolic OH excluding ortho intramolecular Hbond substituents is 2. The molecular formula is C58H67F3N8O12P2. The predicted octanol–water partition coefficient (Wildman–Crippen LogP) is 8.24. The van der Waals surface area contributed by atoms with E-state index in [4.69, 9.17) is 9.47 Å². The lowest BCUT2D eigenvalue weighted by molar-refractivity contribution is -0.145. The van der Waals surface area contributed by atoms with Crippen molar-refractivity contribution >= 4 is 72.0 Å². The number of halogens is 3. The summed E-state index contributed by atoms with van der Waals surface area (Å²) in [5.74, 6) is -4.54. The average molecular weight is 1190 g/mol. The van der Waals surface area contributed by atoms with E-state index in [2.05, 4.69) is 20.1 Å². The SMILES string of the molecule is CCOC(=O)[C@H](C)NP(C)(=O)CCN(CC)C(=O)c1c2c(c(O)c3ncccc13)C(=O)N(Cc1ccc(F)cc1)C2.CCOC(=O)[C@H](C)NP(C)(=O)CCN(CCF)C(=O)c1c2c(c(O)c3ncccc13)C(=O)N(Cc1ccc(F)cc1)C2. The quantitative estimate of drug-likeness (QED) is 0.0348. The van der Waals surface area contributed by atoms with E-state index in [9.17, 15) is 61.3 Å². The molecule has 4 heterocycles. The van der Waals surface area contributed by atoms with Crippen LogP contribution in [0.25, 0.3) is 21.8 Å². The van der Waals surface area contributed by atoms with E-state index in [1.165, 1.54) is 76.5 Å². The Morgan fingerprint density at radius 3 is 1.40 bits per heavy atom. The zero-order valence-electron chi connectivity index (χ0n) is 47.1. The second-order valence-electron chi connectivity index (χ2n) is 20.2. The van der Waals surface area contributed by atoms with E-state index < -0.39 is 80.5 Å². The summed E-state index contributed by atoms with van der Waals surface area (Å²) in [7, 11) is -6.22. The van der Waals surface area contributed by atoms with Crippen molar-refractivity contribution in [3.05, 3.63) is 141 Å². The second-order valence-corrected chi connectivity index (χ2v) is 26.1. The molecule has 4 aromatic carbocycles. The third-order valence-electron chi connectivity index (χ3n) is 14.1. The Balaban J connectivity index is 0.000000239. The molecule has 0 spiro atoms. The van der Waals surface area contributed by atoms with Gasteiger partial charge in [0.2, 0.25) is 0 Å². The lowest BCUT2D eigenvalue weighted by Crippen LogP contribution is -2.38. The van der Waals surface area contributed by atoms with E-state index in [1.807, 2.05) is 0 Å². The van der Waals surface area contributed by atoms with Crippen molar-refractivity contribution in [2.45, 2.75) is 72.9 Å². The Bertz CT molecular complexity index is 3540. The molecule has 4 amide bonds. The van der Waals surface area contributed by atoms with Gasteiger partial charge in [-0.25, -0.2) is 13.2 Å². The Morgan fingerprint density at radius 1 is 0.639 bits per heavy atom. The minimum Gasteiger partial charge on any atom is -0.505 e. The van der Waals surface area contributed by atoms with Gasteiger partial charge in [0.25, 0.3) is 23.6 Å². The van der Waals surface area contributed by atoms with Crippen LogP contribution in [0, 0.1) is 11.6 Å². The number of aromatic nitrogens is 2. The maximum absolute atomic E-state index is 14.1. The number of carbonyl (C=O) groups excluding carboxylic acids is 6. The van der Waals surface area contributed by atoms with Crippen LogP contribution in [-0.2, 0) is 54.4 Å². The number of fused-ring (bicyclic) bond motifs is 4. The number of phenols is 2. The van der Waals surface area contributed by atoms with E-state index in [1.54, 1.807) is 76.2 Å². The van der Waals surface area contributed by atoms with Crippen LogP contribution in [0.5, 0.6) is 11.5 Å². The van der Waals surface area contributed by atoms with Gasteiger partial charge in [-0.15, -0.1) is 0 Å². The Kier molecular flexibility index (Phi) is 20.6. The number of carbonyl (C=O) groups is 6. The van der Waals surface area contributed by atoms with E-state index in [0.717, 1.165) is 0 Å². The number of pyridine rings is 2. The molecule has 0 bridgehead atoms. The molecule has 8 rings (SSSR count). The summed E-state index contributed by atoms with van der Waals surface area (Å²) >= 11 is 0. The number of benzene rings is 4. The van der Waals surface area contributed by atoms with Gasteiger partial charge in [-0.2, -0.15) is 0 Å². The standard InChI is InChI=1S/C29H33F2N4O6P.C29H34FN4O6P/c1-4-41-29(39)18(2)33-42(3,40)15-14-34(13-11-30)27(37)23-21-6-5-12-32-25(21)26(36)24-22(23)17-35(28(24)38)16-19-7-9-20(31)10-8-19;1-5-33(14-15-41(4,39)32-18(3)29(38)40-6-2)27(36)23-21-8-7-13-31-25(21)26(35)24-22(23)17-34(28(24)37)16-19-9-11-20(30)12-10-19/h5-10,12,18,36H,4,11,13-17H2,1-3H3,(H,33,40);7-13,18,35H,5-6,14-17H2,1-4H3,(H,32,39)/t18-,42?;18-,41?/m00/s1. The fourth-order valence-corrected chi connectivity index (χ4v) is 13.4. The Morgan fingerprint density at radius 2 is 1.02 bits per heavy atom. The summed E-state index contributed by atoms with van der Waals surface area (Å²) in [4.78, 5) is 93.2. The first-order valence-corrected chi connectivity index (χ1v) is 31.6. The number of aromatic hydroxyl groups is 2. The van der Waals surface area contributed by atoms with Crippen LogP contribution in [-0.4, -0.2) is 159 Å². The van der Waals surface area contributed by atoms with Crippen LogP contribution in [0.2, 0.25) is 0 Å². The van der Waals surface area contributed by atoms with Gasteiger partial charge in [0, 0.05) is 112 Å². The first-order valence-electron chi connectivity index (χ1n) is 26.9.